The van der Waals surface area contributed by atoms with E-state index < -0.39 is 0 Å². The highest BCUT2D eigenvalue weighted by molar-refractivity contribution is 5.47. The van der Waals surface area contributed by atoms with Crippen LogP contribution in [-0.2, 0) is 6.54 Å². The molecule has 1 saturated carbocycles. The molecule has 1 fully saturated rings. The van der Waals surface area contributed by atoms with Crippen molar-refractivity contribution in [3.63, 3.8) is 0 Å². The van der Waals surface area contributed by atoms with Crippen molar-refractivity contribution < 1.29 is 4.42 Å². The number of pyridine rings is 1. The topological polar surface area (TPSA) is 87.6 Å². The summed E-state index contributed by atoms with van der Waals surface area (Å²) in [7, 11) is 0. The summed E-state index contributed by atoms with van der Waals surface area (Å²) in [4.78, 5) is 4.10. The van der Waals surface area contributed by atoms with Gasteiger partial charge in [-0.25, -0.2) is 4.98 Å². The van der Waals surface area contributed by atoms with Gasteiger partial charge in [-0.2, -0.15) is 5.26 Å². The van der Waals surface area contributed by atoms with Gasteiger partial charge >= 0.3 is 0 Å². The molecule has 0 aliphatic heterocycles. The molecule has 2 aromatic rings. The van der Waals surface area contributed by atoms with Gasteiger partial charge in [0, 0.05) is 12.2 Å². The van der Waals surface area contributed by atoms with Crippen LogP contribution in [0.5, 0.6) is 0 Å². The van der Waals surface area contributed by atoms with Crippen LogP contribution >= 0.6 is 0 Å². The lowest BCUT2D eigenvalue weighted by Gasteiger charge is -1.96. The molecule has 0 atom stereocenters. The predicted octanol–water partition coefficient (Wildman–Crippen LogP) is 1.26. The van der Waals surface area contributed by atoms with E-state index in [1.54, 1.807) is 12.1 Å². The van der Waals surface area contributed by atoms with Crippen molar-refractivity contribution >= 4 is 0 Å². The van der Waals surface area contributed by atoms with Crippen LogP contribution in [0.4, 0.5) is 0 Å². The fraction of sp³-hybridized carbons (Fsp3) is 0.333. The van der Waals surface area contributed by atoms with E-state index in [2.05, 4.69) is 20.5 Å². The summed E-state index contributed by atoms with van der Waals surface area (Å²) in [6, 6.07) is 5.99. The largest absolute Gasteiger partial charge is 0.418 e. The first-order valence-corrected chi connectivity index (χ1v) is 5.77. The van der Waals surface area contributed by atoms with E-state index in [9.17, 15) is 0 Å². The van der Waals surface area contributed by atoms with Crippen LogP contribution in [0.2, 0.25) is 0 Å². The average Bonchev–Trinajstić information content (AvgIpc) is 3.14. The van der Waals surface area contributed by atoms with Gasteiger partial charge in [0.2, 0.25) is 5.89 Å². The number of nitrogens with zero attached hydrogens (tertiary/aromatic N) is 4. The Balaban J connectivity index is 1.72. The van der Waals surface area contributed by atoms with Crippen LogP contribution in [-0.4, -0.2) is 21.2 Å². The Morgan fingerprint density at radius 3 is 2.94 bits per heavy atom. The van der Waals surface area contributed by atoms with Gasteiger partial charge < -0.3 is 9.73 Å². The molecular weight excluding hydrogens is 230 g/mol. The third-order valence-corrected chi connectivity index (χ3v) is 2.70. The SMILES string of the molecule is N#Cc1ccc(-c2nnc(CNC3CC3)o2)nc1. The molecule has 1 aliphatic carbocycles. The molecule has 0 amide bonds. The van der Waals surface area contributed by atoms with Crippen LogP contribution in [0.1, 0.15) is 24.3 Å². The van der Waals surface area contributed by atoms with Gasteiger partial charge in [0.1, 0.15) is 11.8 Å². The highest BCUT2D eigenvalue weighted by Crippen LogP contribution is 2.20. The van der Waals surface area contributed by atoms with Gasteiger partial charge in [-0.1, -0.05) is 0 Å². The predicted molar refractivity (Wildman–Crippen MR) is 62.1 cm³/mol. The molecule has 2 heterocycles. The van der Waals surface area contributed by atoms with E-state index in [1.165, 1.54) is 19.0 Å². The number of hydrogen-bond donors (Lipinski definition) is 1. The molecular formula is C12H11N5O. The van der Waals surface area contributed by atoms with E-state index in [0.29, 0.717) is 35.6 Å². The third kappa shape index (κ3) is 2.36. The minimum atomic E-state index is 0.382. The van der Waals surface area contributed by atoms with Gasteiger partial charge in [0.05, 0.1) is 12.1 Å². The maximum atomic E-state index is 8.68. The molecule has 0 spiro atoms. The molecule has 0 bridgehead atoms. The molecule has 6 heteroatoms. The lowest BCUT2D eigenvalue weighted by molar-refractivity contribution is 0.475. The van der Waals surface area contributed by atoms with Crippen molar-refractivity contribution in [1.29, 1.82) is 5.26 Å². The maximum absolute atomic E-state index is 8.68. The number of hydrogen-bond acceptors (Lipinski definition) is 6. The Kier molecular flexibility index (Phi) is 2.74. The van der Waals surface area contributed by atoms with Crippen LogP contribution < -0.4 is 5.32 Å². The van der Waals surface area contributed by atoms with Gasteiger partial charge in [0.15, 0.2) is 0 Å². The minimum Gasteiger partial charge on any atom is -0.418 e. The number of aromatic nitrogens is 3. The van der Waals surface area contributed by atoms with Gasteiger partial charge in [-0.3, -0.25) is 0 Å². The lowest BCUT2D eigenvalue weighted by atomic mass is 10.3. The van der Waals surface area contributed by atoms with Crippen molar-refractivity contribution in [2.45, 2.75) is 25.4 Å². The fourth-order valence-corrected chi connectivity index (χ4v) is 1.53. The Morgan fingerprint density at radius 1 is 1.39 bits per heavy atom. The van der Waals surface area contributed by atoms with E-state index in [4.69, 9.17) is 9.68 Å². The molecule has 0 unspecified atom stereocenters. The molecule has 0 aromatic carbocycles. The normalized spacial score (nSPS) is 14.4. The lowest BCUT2D eigenvalue weighted by Crippen LogP contribution is -2.15. The van der Waals surface area contributed by atoms with Crippen LogP contribution in [0.3, 0.4) is 0 Å². The smallest absolute Gasteiger partial charge is 0.266 e. The zero-order chi connectivity index (χ0) is 12.4. The fourth-order valence-electron chi connectivity index (χ4n) is 1.53. The number of nitriles is 1. The summed E-state index contributed by atoms with van der Waals surface area (Å²) >= 11 is 0. The van der Waals surface area contributed by atoms with Crippen LogP contribution in [0.15, 0.2) is 22.7 Å². The monoisotopic (exact) mass is 241 g/mol. The van der Waals surface area contributed by atoms with E-state index in [-0.39, 0.29) is 0 Å². The van der Waals surface area contributed by atoms with Gasteiger partial charge in [0.25, 0.3) is 5.89 Å². The molecule has 18 heavy (non-hydrogen) atoms. The van der Waals surface area contributed by atoms with Gasteiger partial charge in [-0.05, 0) is 25.0 Å². The van der Waals surface area contributed by atoms with E-state index in [1.807, 2.05) is 6.07 Å². The zero-order valence-electron chi connectivity index (χ0n) is 9.63. The second-order valence-electron chi connectivity index (χ2n) is 4.20. The summed E-state index contributed by atoms with van der Waals surface area (Å²) in [6.07, 6.45) is 3.93. The first-order chi connectivity index (χ1) is 8.85. The van der Waals surface area contributed by atoms with Crippen molar-refractivity contribution in [2.24, 2.45) is 0 Å². The van der Waals surface area contributed by atoms with Gasteiger partial charge in [-0.15, -0.1) is 10.2 Å². The van der Waals surface area contributed by atoms with Crippen molar-refractivity contribution in [3.05, 3.63) is 29.8 Å². The zero-order valence-corrected chi connectivity index (χ0v) is 9.63. The Bertz CT molecular complexity index is 579. The summed E-state index contributed by atoms with van der Waals surface area (Å²) in [6.45, 7) is 0.591. The second kappa shape index (κ2) is 4.55. The highest BCUT2D eigenvalue weighted by Gasteiger charge is 2.21. The Hall–Kier alpha value is -2.26. The molecule has 1 N–H and O–H groups in total. The third-order valence-electron chi connectivity index (χ3n) is 2.70. The average molecular weight is 241 g/mol. The van der Waals surface area contributed by atoms with E-state index >= 15 is 0 Å². The molecule has 2 aromatic heterocycles. The molecule has 6 nitrogen and oxygen atoms in total. The van der Waals surface area contributed by atoms with Crippen molar-refractivity contribution in [2.75, 3.05) is 0 Å². The van der Waals surface area contributed by atoms with Crippen molar-refractivity contribution in [3.8, 4) is 17.7 Å². The molecule has 0 saturated heterocycles. The molecule has 90 valence electrons. The first-order valence-electron chi connectivity index (χ1n) is 5.77. The maximum Gasteiger partial charge on any atom is 0.266 e. The molecule has 1 aliphatic rings. The Morgan fingerprint density at radius 2 is 2.28 bits per heavy atom. The standard InChI is InChI=1S/C12H11N5O/c13-5-8-1-4-10(15-6-8)12-17-16-11(18-12)7-14-9-2-3-9/h1,4,6,9,14H,2-3,7H2. The molecule has 0 radical (unpaired) electrons. The second-order valence-corrected chi connectivity index (χ2v) is 4.20. The Labute approximate surface area is 104 Å². The quantitative estimate of drug-likeness (QED) is 0.866. The number of rotatable bonds is 4. The number of nitrogens with one attached hydrogen (secondary N) is 1. The molecule has 3 rings (SSSR count). The van der Waals surface area contributed by atoms with Crippen molar-refractivity contribution in [1.82, 2.24) is 20.5 Å². The highest BCUT2D eigenvalue weighted by atomic mass is 16.4. The van der Waals surface area contributed by atoms with Crippen LogP contribution in [0.25, 0.3) is 11.6 Å². The minimum absolute atomic E-state index is 0.382. The summed E-state index contributed by atoms with van der Waals surface area (Å²) in [5.41, 5.74) is 1.09. The van der Waals surface area contributed by atoms with E-state index in [0.717, 1.165) is 0 Å². The van der Waals surface area contributed by atoms with Crippen LogP contribution in [0, 0.1) is 11.3 Å². The summed E-state index contributed by atoms with van der Waals surface area (Å²) in [5.74, 6) is 0.940. The summed E-state index contributed by atoms with van der Waals surface area (Å²) in [5, 5.41) is 19.9. The first kappa shape index (κ1) is 10.9. The summed E-state index contributed by atoms with van der Waals surface area (Å²) < 4.78 is 5.49.